The van der Waals surface area contributed by atoms with Crippen molar-refractivity contribution in [3.63, 3.8) is 0 Å². The van der Waals surface area contributed by atoms with Gasteiger partial charge >= 0.3 is 0 Å². The van der Waals surface area contributed by atoms with Gasteiger partial charge in [-0.3, -0.25) is 9.59 Å². The largest absolute Gasteiger partial charge is 0.340 e. The summed E-state index contributed by atoms with van der Waals surface area (Å²) in [5, 5.41) is 4.84. The predicted octanol–water partition coefficient (Wildman–Crippen LogP) is 2.40. The number of hydrogen-bond acceptors (Lipinski definition) is 3. The molecule has 110 valence electrons. The maximum Gasteiger partial charge on any atom is 0.248 e. The topological polar surface area (TPSA) is 49.4 Å². The summed E-state index contributed by atoms with van der Waals surface area (Å²) in [6, 6.07) is 3.61. The Hall–Kier alpha value is -1.36. The van der Waals surface area contributed by atoms with E-state index in [4.69, 9.17) is 0 Å². The van der Waals surface area contributed by atoms with Crippen molar-refractivity contribution < 1.29 is 9.59 Å². The molecule has 5 heteroatoms. The Labute approximate surface area is 124 Å². The molecule has 1 aliphatic heterocycles. The Morgan fingerprint density at radius 2 is 2.10 bits per heavy atom. The van der Waals surface area contributed by atoms with Gasteiger partial charge in [-0.2, -0.15) is 0 Å². The number of nitrogens with one attached hydrogen (secondary N) is 1. The minimum absolute atomic E-state index is 0.00356. The van der Waals surface area contributed by atoms with Crippen LogP contribution >= 0.6 is 11.3 Å². The summed E-state index contributed by atoms with van der Waals surface area (Å²) in [5.74, 6) is 0.321. The molecule has 1 N–H and O–H groups in total. The van der Waals surface area contributed by atoms with E-state index in [2.05, 4.69) is 19.2 Å². The van der Waals surface area contributed by atoms with Crippen molar-refractivity contribution >= 4 is 23.2 Å². The van der Waals surface area contributed by atoms with Gasteiger partial charge in [0, 0.05) is 4.88 Å². The Bertz CT molecular complexity index is 494. The number of rotatable bonds is 4. The molecule has 0 radical (unpaired) electrons. The second-order valence-corrected chi connectivity index (χ2v) is 7.30. The Morgan fingerprint density at radius 1 is 1.40 bits per heavy atom. The van der Waals surface area contributed by atoms with E-state index in [1.54, 1.807) is 30.1 Å². The van der Waals surface area contributed by atoms with Crippen LogP contribution in [-0.2, 0) is 16.1 Å². The van der Waals surface area contributed by atoms with E-state index < -0.39 is 5.54 Å². The minimum atomic E-state index is -0.818. The van der Waals surface area contributed by atoms with Crippen LogP contribution in [0.3, 0.4) is 0 Å². The number of carbonyl (C=O) groups is 2. The third kappa shape index (κ3) is 3.03. The molecule has 2 heterocycles. The average Bonchev–Trinajstić information content (AvgIpc) is 2.83. The van der Waals surface area contributed by atoms with Crippen LogP contribution in [0.15, 0.2) is 17.5 Å². The zero-order valence-corrected chi connectivity index (χ0v) is 13.3. The van der Waals surface area contributed by atoms with Gasteiger partial charge in [-0.05, 0) is 37.6 Å². The molecule has 2 amide bonds. The molecule has 0 spiro atoms. The highest BCUT2D eigenvalue weighted by Crippen LogP contribution is 2.25. The van der Waals surface area contributed by atoms with Crippen LogP contribution in [0.2, 0.25) is 0 Å². The van der Waals surface area contributed by atoms with Crippen LogP contribution in [0.25, 0.3) is 0 Å². The lowest BCUT2D eigenvalue weighted by molar-refractivity contribution is -0.154. The monoisotopic (exact) mass is 294 g/mol. The van der Waals surface area contributed by atoms with E-state index in [1.807, 2.05) is 17.5 Å². The number of amides is 2. The van der Waals surface area contributed by atoms with Gasteiger partial charge in [0.15, 0.2) is 0 Å². The summed E-state index contributed by atoms with van der Waals surface area (Å²) in [7, 11) is 0. The number of carbonyl (C=O) groups excluding carboxylic acids is 2. The fraction of sp³-hybridized carbons (Fsp3) is 0.600. The van der Waals surface area contributed by atoms with Crippen molar-refractivity contribution in [3.05, 3.63) is 22.4 Å². The lowest BCUT2D eigenvalue weighted by Gasteiger charge is -2.43. The number of piperazine rings is 1. The van der Waals surface area contributed by atoms with Crippen molar-refractivity contribution in [1.29, 1.82) is 0 Å². The van der Waals surface area contributed by atoms with E-state index in [9.17, 15) is 9.59 Å². The molecule has 0 aromatic carbocycles. The van der Waals surface area contributed by atoms with Crippen LogP contribution in [-0.4, -0.2) is 28.3 Å². The van der Waals surface area contributed by atoms with Crippen LogP contribution in [0.1, 0.15) is 39.0 Å². The molecule has 1 atom stereocenters. The SMILES string of the molecule is CC(C)CC1C(=O)NC(C)(C)C(=O)N1Cc1cccs1. The highest BCUT2D eigenvalue weighted by atomic mass is 32.1. The van der Waals surface area contributed by atoms with Crippen LogP contribution in [0.4, 0.5) is 0 Å². The van der Waals surface area contributed by atoms with Crippen LogP contribution in [0.5, 0.6) is 0 Å². The normalized spacial score (nSPS) is 22.2. The number of hydrogen-bond donors (Lipinski definition) is 1. The fourth-order valence-corrected chi connectivity index (χ4v) is 3.22. The van der Waals surface area contributed by atoms with Gasteiger partial charge in [0.1, 0.15) is 11.6 Å². The molecule has 0 bridgehead atoms. The first-order valence-electron chi connectivity index (χ1n) is 6.96. The van der Waals surface area contributed by atoms with Gasteiger partial charge in [-0.25, -0.2) is 0 Å². The summed E-state index contributed by atoms with van der Waals surface area (Å²) >= 11 is 1.62. The molecular formula is C15H22N2O2S. The molecular weight excluding hydrogens is 272 g/mol. The molecule has 1 fully saturated rings. The molecule has 4 nitrogen and oxygen atoms in total. The molecule has 0 aliphatic carbocycles. The highest BCUT2D eigenvalue weighted by molar-refractivity contribution is 7.09. The summed E-state index contributed by atoms with van der Waals surface area (Å²) in [4.78, 5) is 27.8. The lowest BCUT2D eigenvalue weighted by Crippen LogP contribution is -2.67. The zero-order chi connectivity index (χ0) is 14.9. The van der Waals surface area contributed by atoms with Crippen molar-refractivity contribution in [2.45, 2.75) is 52.2 Å². The molecule has 0 saturated carbocycles. The quantitative estimate of drug-likeness (QED) is 0.927. The van der Waals surface area contributed by atoms with Gasteiger partial charge in [0.25, 0.3) is 0 Å². The summed E-state index contributed by atoms with van der Waals surface area (Å²) in [6.45, 7) is 8.19. The molecule has 1 aromatic heterocycles. The second-order valence-electron chi connectivity index (χ2n) is 6.27. The Morgan fingerprint density at radius 3 is 2.65 bits per heavy atom. The van der Waals surface area contributed by atoms with Crippen molar-refractivity contribution in [1.82, 2.24) is 10.2 Å². The highest BCUT2D eigenvalue weighted by Gasteiger charge is 2.45. The van der Waals surface area contributed by atoms with Gasteiger partial charge < -0.3 is 10.2 Å². The average molecular weight is 294 g/mol. The molecule has 2 rings (SSSR count). The lowest BCUT2D eigenvalue weighted by atomic mass is 9.92. The molecule has 1 aromatic rings. The summed E-state index contributed by atoms with van der Waals surface area (Å²) in [6.07, 6.45) is 0.693. The smallest absolute Gasteiger partial charge is 0.248 e. The third-order valence-corrected chi connectivity index (χ3v) is 4.37. The van der Waals surface area contributed by atoms with Gasteiger partial charge in [0.2, 0.25) is 11.8 Å². The summed E-state index contributed by atoms with van der Waals surface area (Å²) in [5.41, 5.74) is -0.818. The summed E-state index contributed by atoms with van der Waals surface area (Å²) < 4.78 is 0. The van der Waals surface area contributed by atoms with E-state index in [0.717, 1.165) is 4.88 Å². The molecule has 20 heavy (non-hydrogen) atoms. The Balaban J connectivity index is 2.27. The van der Waals surface area contributed by atoms with Gasteiger partial charge in [-0.1, -0.05) is 19.9 Å². The molecule has 1 saturated heterocycles. The van der Waals surface area contributed by atoms with Crippen molar-refractivity contribution in [2.75, 3.05) is 0 Å². The van der Waals surface area contributed by atoms with E-state index in [-0.39, 0.29) is 17.9 Å². The number of thiophene rings is 1. The first-order chi connectivity index (χ1) is 9.31. The van der Waals surface area contributed by atoms with Crippen LogP contribution < -0.4 is 5.32 Å². The first-order valence-corrected chi connectivity index (χ1v) is 7.84. The van der Waals surface area contributed by atoms with Crippen molar-refractivity contribution in [2.24, 2.45) is 5.92 Å². The van der Waals surface area contributed by atoms with Crippen LogP contribution in [0, 0.1) is 5.92 Å². The van der Waals surface area contributed by atoms with Gasteiger partial charge in [0.05, 0.1) is 6.54 Å². The standard InChI is InChI=1S/C15H22N2O2S/c1-10(2)8-12-13(18)16-15(3,4)14(19)17(12)9-11-6-5-7-20-11/h5-7,10,12H,8-9H2,1-4H3,(H,16,18). The predicted molar refractivity (Wildman–Crippen MR) is 80.3 cm³/mol. The number of nitrogens with zero attached hydrogens (tertiary/aromatic N) is 1. The fourth-order valence-electron chi connectivity index (χ4n) is 2.52. The second kappa shape index (κ2) is 5.56. The van der Waals surface area contributed by atoms with E-state index in [1.165, 1.54) is 0 Å². The van der Waals surface area contributed by atoms with Crippen molar-refractivity contribution in [3.8, 4) is 0 Å². The van der Waals surface area contributed by atoms with E-state index in [0.29, 0.717) is 18.9 Å². The van der Waals surface area contributed by atoms with E-state index >= 15 is 0 Å². The maximum absolute atomic E-state index is 12.6. The molecule has 1 unspecified atom stereocenters. The minimum Gasteiger partial charge on any atom is -0.340 e. The third-order valence-electron chi connectivity index (χ3n) is 3.51. The maximum atomic E-state index is 12.6. The Kier molecular flexibility index (Phi) is 4.18. The zero-order valence-electron chi connectivity index (χ0n) is 12.5. The van der Waals surface area contributed by atoms with Gasteiger partial charge in [-0.15, -0.1) is 11.3 Å². The molecule has 1 aliphatic rings. The first kappa shape index (κ1) is 15.0.